The largest absolute Gasteiger partial charge is 0.353 e. The van der Waals surface area contributed by atoms with Gasteiger partial charge >= 0.3 is 0 Å². The second-order valence-electron chi connectivity index (χ2n) is 11.3. The van der Waals surface area contributed by atoms with Gasteiger partial charge in [-0.1, -0.05) is 37.5 Å². The highest BCUT2D eigenvalue weighted by Crippen LogP contribution is 2.39. The molecule has 5 heteroatoms. The summed E-state index contributed by atoms with van der Waals surface area (Å²) in [7, 11) is 0. The van der Waals surface area contributed by atoms with Crippen LogP contribution in [-0.4, -0.2) is 35.6 Å². The fourth-order valence-electron chi connectivity index (χ4n) is 6.90. The Morgan fingerprint density at radius 2 is 1.74 bits per heavy atom. The molecule has 1 aromatic heterocycles. The summed E-state index contributed by atoms with van der Waals surface area (Å²) in [4.78, 5) is 13.3. The number of para-hydroxylation sites is 1. The number of nitrogens with two attached hydrogens (primary N) is 1. The Morgan fingerprint density at radius 3 is 2.50 bits per heavy atom. The first-order valence-corrected chi connectivity index (χ1v) is 14.0. The molecule has 5 rings (SSSR count). The lowest BCUT2D eigenvalue weighted by Crippen LogP contribution is -2.41. The van der Waals surface area contributed by atoms with Crippen LogP contribution in [0.3, 0.4) is 0 Å². The number of piperidine rings is 1. The van der Waals surface area contributed by atoms with E-state index < -0.39 is 0 Å². The molecule has 34 heavy (non-hydrogen) atoms. The van der Waals surface area contributed by atoms with E-state index >= 15 is 0 Å². The molecule has 5 nitrogen and oxygen atoms in total. The Morgan fingerprint density at radius 1 is 1.00 bits per heavy atom. The lowest BCUT2D eigenvalue weighted by molar-refractivity contribution is -0.122. The Hall–Kier alpha value is -1.85. The van der Waals surface area contributed by atoms with Gasteiger partial charge in [0.05, 0.1) is 0 Å². The molecule has 1 aliphatic heterocycles. The standard InChI is InChI=1S/C29H44N4O/c30-23-10-12-24(13-11-23)32-29(34)18-26(22-14-16-31-17-15-22)27-20-33(19-21-6-2-1-3-7-21)28-9-5-4-8-25(27)28/h4-5,8-9,20-24,26,31H,1-3,6-7,10-19,30H2,(H,32,34). The Kier molecular flexibility index (Phi) is 7.90. The van der Waals surface area contributed by atoms with Crippen molar-refractivity contribution in [2.75, 3.05) is 13.1 Å². The molecule has 0 radical (unpaired) electrons. The summed E-state index contributed by atoms with van der Waals surface area (Å²) in [6.07, 6.45) is 16.3. The number of carbonyl (C=O) groups is 1. The summed E-state index contributed by atoms with van der Waals surface area (Å²) in [5.74, 6) is 1.86. The van der Waals surface area contributed by atoms with Crippen LogP contribution in [0.4, 0.5) is 0 Å². The van der Waals surface area contributed by atoms with Crippen molar-refractivity contribution in [2.45, 2.75) is 102 Å². The van der Waals surface area contributed by atoms with E-state index in [2.05, 4.69) is 45.7 Å². The molecule has 2 aliphatic carbocycles. The molecule has 0 bridgehead atoms. The minimum atomic E-state index is 0.230. The van der Waals surface area contributed by atoms with Gasteiger partial charge in [-0.3, -0.25) is 4.79 Å². The summed E-state index contributed by atoms with van der Waals surface area (Å²) >= 11 is 0. The van der Waals surface area contributed by atoms with Gasteiger partial charge in [0, 0.05) is 42.1 Å². The number of rotatable bonds is 7. The minimum Gasteiger partial charge on any atom is -0.353 e. The van der Waals surface area contributed by atoms with Crippen molar-refractivity contribution in [2.24, 2.45) is 17.6 Å². The number of carbonyl (C=O) groups excluding carboxylic acids is 1. The lowest BCUT2D eigenvalue weighted by Gasteiger charge is -2.32. The summed E-state index contributed by atoms with van der Waals surface area (Å²) < 4.78 is 2.52. The third-order valence-electron chi connectivity index (χ3n) is 8.89. The predicted octanol–water partition coefficient (Wildman–Crippen LogP) is 5.08. The average Bonchev–Trinajstić information content (AvgIpc) is 3.23. The van der Waals surface area contributed by atoms with E-state index in [0.29, 0.717) is 24.4 Å². The van der Waals surface area contributed by atoms with Crippen molar-refractivity contribution in [3.63, 3.8) is 0 Å². The van der Waals surface area contributed by atoms with Crippen LogP contribution in [0.25, 0.3) is 10.9 Å². The molecular formula is C29H44N4O. The van der Waals surface area contributed by atoms with Crippen molar-refractivity contribution in [3.8, 4) is 0 Å². The fourth-order valence-corrected chi connectivity index (χ4v) is 6.90. The molecule has 1 saturated heterocycles. The maximum Gasteiger partial charge on any atom is 0.220 e. The van der Waals surface area contributed by atoms with E-state index in [0.717, 1.165) is 64.1 Å². The zero-order chi connectivity index (χ0) is 23.3. The lowest BCUT2D eigenvalue weighted by atomic mass is 9.78. The van der Waals surface area contributed by atoms with Crippen molar-refractivity contribution in [1.82, 2.24) is 15.2 Å². The van der Waals surface area contributed by atoms with Crippen LogP contribution in [0.1, 0.15) is 88.5 Å². The van der Waals surface area contributed by atoms with E-state index in [4.69, 9.17) is 5.73 Å². The van der Waals surface area contributed by atoms with Gasteiger partial charge in [-0.15, -0.1) is 0 Å². The maximum atomic E-state index is 13.3. The first-order chi connectivity index (χ1) is 16.7. The third-order valence-corrected chi connectivity index (χ3v) is 8.89. The summed E-state index contributed by atoms with van der Waals surface area (Å²) in [6, 6.07) is 9.52. The highest BCUT2D eigenvalue weighted by molar-refractivity contribution is 5.86. The number of benzene rings is 1. The Bertz CT molecular complexity index is 933. The number of hydrogen-bond acceptors (Lipinski definition) is 3. The molecule has 3 fully saturated rings. The molecule has 2 aromatic rings. The molecular weight excluding hydrogens is 420 g/mol. The van der Waals surface area contributed by atoms with Gasteiger partial charge in [-0.2, -0.15) is 0 Å². The second kappa shape index (κ2) is 11.3. The molecule has 1 aromatic carbocycles. The van der Waals surface area contributed by atoms with Gasteiger partial charge in [-0.25, -0.2) is 0 Å². The van der Waals surface area contributed by atoms with Crippen LogP contribution in [0.2, 0.25) is 0 Å². The van der Waals surface area contributed by atoms with E-state index in [9.17, 15) is 4.79 Å². The van der Waals surface area contributed by atoms with Crippen molar-refractivity contribution in [3.05, 3.63) is 36.0 Å². The number of fused-ring (bicyclic) bond motifs is 1. The highest BCUT2D eigenvalue weighted by Gasteiger charge is 2.31. The molecule has 186 valence electrons. The van der Waals surface area contributed by atoms with Gasteiger partial charge in [0.1, 0.15) is 0 Å². The van der Waals surface area contributed by atoms with Crippen molar-refractivity contribution >= 4 is 16.8 Å². The quantitative estimate of drug-likeness (QED) is 0.535. The van der Waals surface area contributed by atoms with E-state index in [1.165, 1.54) is 48.6 Å². The van der Waals surface area contributed by atoms with Crippen LogP contribution in [0, 0.1) is 11.8 Å². The van der Waals surface area contributed by atoms with E-state index in [1.807, 2.05) is 0 Å². The maximum absolute atomic E-state index is 13.3. The van der Waals surface area contributed by atoms with Crippen LogP contribution < -0.4 is 16.4 Å². The summed E-state index contributed by atoms with van der Waals surface area (Å²) in [5.41, 5.74) is 8.84. The van der Waals surface area contributed by atoms with Crippen LogP contribution >= 0.6 is 0 Å². The van der Waals surface area contributed by atoms with Gasteiger partial charge in [0.25, 0.3) is 0 Å². The number of aromatic nitrogens is 1. The summed E-state index contributed by atoms with van der Waals surface area (Å²) in [5, 5.41) is 8.27. The van der Waals surface area contributed by atoms with Crippen molar-refractivity contribution < 1.29 is 4.79 Å². The smallest absolute Gasteiger partial charge is 0.220 e. The number of nitrogens with one attached hydrogen (secondary N) is 2. The van der Waals surface area contributed by atoms with Crippen LogP contribution in [0.15, 0.2) is 30.5 Å². The second-order valence-corrected chi connectivity index (χ2v) is 11.3. The fraction of sp³-hybridized carbons (Fsp3) is 0.690. The molecule has 1 amide bonds. The van der Waals surface area contributed by atoms with Gasteiger partial charge in [0.15, 0.2) is 0 Å². The normalized spacial score (nSPS) is 25.9. The highest BCUT2D eigenvalue weighted by atomic mass is 16.1. The molecule has 4 N–H and O–H groups in total. The first-order valence-electron chi connectivity index (χ1n) is 14.0. The predicted molar refractivity (Wildman–Crippen MR) is 140 cm³/mol. The van der Waals surface area contributed by atoms with Crippen LogP contribution in [-0.2, 0) is 11.3 Å². The average molecular weight is 465 g/mol. The Labute approximate surface area is 205 Å². The van der Waals surface area contributed by atoms with Gasteiger partial charge < -0.3 is 20.9 Å². The number of amides is 1. The molecule has 1 unspecified atom stereocenters. The first kappa shape index (κ1) is 23.9. The summed E-state index contributed by atoms with van der Waals surface area (Å²) in [6.45, 7) is 3.24. The molecule has 1 atom stereocenters. The van der Waals surface area contributed by atoms with Gasteiger partial charge in [-0.05, 0) is 93.8 Å². The zero-order valence-corrected chi connectivity index (χ0v) is 20.8. The monoisotopic (exact) mass is 464 g/mol. The van der Waals surface area contributed by atoms with Crippen LogP contribution in [0.5, 0.6) is 0 Å². The zero-order valence-electron chi connectivity index (χ0n) is 20.8. The van der Waals surface area contributed by atoms with E-state index in [-0.39, 0.29) is 11.8 Å². The number of nitrogens with zero attached hydrogens (tertiary/aromatic N) is 1. The molecule has 3 aliphatic rings. The molecule has 0 spiro atoms. The minimum absolute atomic E-state index is 0.230. The van der Waals surface area contributed by atoms with Crippen molar-refractivity contribution in [1.29, 1.82) is 0 Å². The Balaban J connectivity index is 1.39. The molecule has 2 saturated carbocycles. The van der Waals surface area contributed by atoms with E-state index in [1.54, 1.807) is 0 Å². The topological polar surface area (TPSA) is 72.1 Å². The molecule has 2 heterocycles. The SMILES string of the molecule is NC1CCC(NC(=O)CC(c2cn(CC3CCCCC3)c3ccccc23)C2CCNCC2)CC1. The third kappa shape index (κ3) is 5.68. The number of hydrogen-bond donors (Lipinski definition) is 3. The van der Waals surface area contributed by atoms with Gasteiger partial charge in [0.2, 0.25) is 5.91 Å².